The number of benzene rings is 2. The van der Waals surface area contributed by atoms with E-state index in [0.29, 0.717) is 19.8 Å². The van der Waals surface area contributed by atoms with Gasteiger partial charge in [0.05, 0.1) is 39.4 Å². The number of hydrogen-bond acceptors (Lipinski definition) is 4. The summed E-state index contributed by atoms with van der Waals surface area (Å²) in [7, 11) is 0. The summed E-state index contributed by atoms with van der Waals surface area (Å²) in [5.41, 5.74) is 1.28. The highest BCUT2D eigenvalue weighted by Gasteiger charge is 2.22. The lowest BCUT2D eigenvalue weighted by Gasteiger charge is -2.34. The van der Waals surface area contributed by atoms with E-state index >= 15 is 0 Å². The van der Waals surface area contributed by atoms with Crippen molar-refractivity contribution in [1.82, 2.24) is 0 Å². The van der Waals surface area contributed by atoms with Gasteiger partial charge in [-0.25, -0.2) is 0 Å². The molecule has 1 saturated heterocycles. The molecule has 2 N–H and O–H groups in total. The van der Waals surface area contributed by atoms with Crippen molar-refractivity contribution in [1.29, 1.82) is 0 Å². The Morgan fingerprint density at radius 3 is 2.41 bits per heavy atom. The summed E-state index contributed by atoms with van der Waals surface area (Å²) in [5.74, 6) is 0.822. The van der Waals surface area contributed by atoms with Gasteiger partial charge in [0.2, 0.25) is 0 Å². The number of hydrogen-bond donors (Lipinski definition) is 2. The van der Waals surface area contributed by atoms with Crippen LogP contribution in [0, 0.1) is 0 Å². The molecule has 2 aromatic rings. The SMILES string of the molecule is O[C@@H](COCCOc1ccc(Br)cc1)C[NH+]1CCN(c2ccccc2)CC1. The molecule has 3 rings (SSSR count). The van der Waals surface area contributed by atoms with Gasteiger partial charge in [-0.2, -0.15) is 0 Å². The molecule has 0 saturated carbocycles. The van der Waals surface area contributed by atoms with E-state index in [9.17, 15) is 5.11 Å². The molecule has 146 valence electrons. The maximum absolute atomic E-state index is 10.2. The van der Waals surface area contributed by atoms with Gasteiger partial charge in [-0.1, -0.05) is 34.1 Å². The number of quaternary nitrogens is 1. The van der Waals surface area contributed by atoms with E-state index in [4.69, 9.17) is 9.47 Å². The Hall–Kier alpha value is -1.60. The lowest BCUT2D eigenvalue weighted by molar-refractivity contribution is -0.903. The van der Waals surface area contributed by atoms with Crippen LogP contribution < -0.4 is 14.5 Å². The van der Waals surface area contributed by atoms with Crippen molar-refractivity contribution in [3.05, 3.63) is 59.1 Å². The van der Waals surface area contributed by atoms with Crippen molar-refractivity contribution in [3.8, 4) is 5.75 Å². The van der Waals surface area contributed by atoms with Crippen LogP contribution in [0.3, 0.4) is 0 Å². The highest BCUT2D eigenvalue weighted by molar-refractivity contribution is 9.10. The number of piperazine rings is 1. The molecule has 1 aliphatic rings. The maximum Gasteiger partial charge on any atom is 0.126 e. The van der Waals surface area contributed by atoms with Crippen molar-refractivity contribution in [2.45, 2.75) is 6.10 Å². The van der Waals surface area contributed by atoms with Crippen molar-refractivity contribution in [3.63, 3.8) is 0 Å². The van der Waals surface area contributed by atoms with Gasteiger partial charge in [0.15, 0.2) is 0 Å². The van der Waals surface area contributed by atoms with Crippen molar-refractivity contribution < 1.29 is 19.5 Å². The number of para-hydroxylation sites is 1. The highest BCUT2D eigenvalue weighted by Crippen LogP contribution is 2.16. The number of halogens is 1. The van der Waals surface area contributed by atoms with Gasteiger partial charge >= 0.3 is 0 Å². The first-order valence-corrected chi connectivity index (χ1v) is 10.3. The Balaban J connectivity index is 1.26. The zero-order valence-corrected chi connectivity index (χ0v) is 17.1. The summed E-state index contributed by atoms with van der Waals surface area (Å²) in [5, 5.41) is 10.2. The fraction of sp³-hybridized carbons (Fsp3) is 0.429. The second-order valence-corrected chi connectivity index (χ2v) is 7.72. The summed E-state index contributed by atoms with van der Waals surface area (Å²) in [4.78, 5) is 3.84. The van der Waals surface area contributed by atoms with E-state index in [2.05, 4.69) is 45.1 Å². The second kappa shape index (κ2) is 10.7. The Bertz CT molecular complexity index is 661. The van der Waals surface area contributed by atoms with Crippen LogP contribution in [0.15, 0.2) is 59.1 Å². The summed E-state index contributed by atoms with van der Waals surface area (Å²) in [6.45, 7) is 6.17. The number of aliphatic hydroxyl groups is 1. The number of rotatable bonds is 9. The summed E-state index contributed by atoms with van der Waals surface area (Å²) < 4.78 is 12.2. The average molecular weight is 436 g/mol. The highest BCUT2D eigenvalue weighted by atomic mass is 79.9. The number of nitrogens with one attached hydrogen (secondary N) is 1. The van der Waals surface area contributed by atoms with Gasteiger partial charge in [0, 0.05) is 10.2 Å². The predicted molar refractivity (Wildman–Crippen MR) is 111 cm³/mol. The first-order chi connectivity index (χ1) is 13.2. The van der Waals surface area contributed by atoms with Crippen LogP contribution in [-0.4, -0.2) is 63.8 Å². The standard InChI is InChI=1S/C21H27BrN2O3/c22-18-6-8-21(9-7-18)27-15-14-26-17-20(25)16-23-10-12-24(13-11-23)19-4-2-1-3-5-19/h1-9,20,25H,10-17H2/p+1/t20-/m1/s1. The summed E-state index contributed by atoms with van der Waals surface area (Å²) >= 11 is 3.40. The molecule has 1 aliphatic heterocycles. The largest absolute Gasteiger partial charge is 0.491 e. The molecule has 0 aromatic heterocycles. The number of aliphatic hydroxyl groups excluding tert-OH is 1. The van der Waals surface area contributed by atoms with Crippen LogP contribution in [-0.2, 0) is 4.74 Å². The third-order valence-corrected chi connectivity index (χ3v) is 5.27. The van der Waals surface area contributed by atoms with E-state index in [1.54, 1.807) is 0 Å². The van der Waals surface area contributed by atoms with Crippen LogP contribution in [0.25, 0.3) is 0 Å². The van der Waals surface area contributed by atoms with Crippen LogP contribution in [0.2, 0.25) is 0 Å². The number of ether oxygens (including phenoxy) is 2. The quantitative estimate of drug-likeness (QED) is 0.587. The zero-order chi connectivity index (χ0) is 18.9. The zero-order valence-electron chi connectivity index (χ0n) is 15.5. The first kappa shape index (κ1) is 20.1. The molecule has 2 aromatic carbocycles. The van der Waals surface area contributed by atoms with E-state index in [0.717, 1.165) is 42.9 Å². The summed E-state index contributed by atoms with van der Waals surface area (Å²) in [6.07, 6.45) is -0.434. The molecular weight excluding hydrogens is 408 g/mol. The Morgan fingerprint density at radius 2 is 1.70 bits per heavy atom. The monoisotopic (exact) mass is 435 g/mol. The van der Waals surface area contributed by atoms with Crippen LogP contribution in [0.5, 0.6) is 5.75 Å². The van der Waals surface area contributed by atoms with Crippen LogP contribution in [0.4, 0.5) is 5.69 Å². The fourth-order valence-electron chi connectivity index (χ4n) is 3.28. The molecule has 1 atom stereocenters. The van der Waals surface area contributed by atoms with Gasteiger partial charge in [0.1, 0.15) is 25.0 Å². The van der Waals surface area contributed by atoms with E-state index in [-0.39, 0.29) is 0 Å². The first-order valence-electron chi connectivity index (χ1n) is 9.48. The van der Waals surface area contributed by atoms with Gasteiger partial charge in [0.25, 0.3) is 0 Å². The molecule has 0 bridgehead atoms. The molecule has 0 amide bonds. The molecule has 27 heavy (non-hydrogen) atoms. The molecular formula is C21H28BrN2O3+. The third-order valence-electron chi connectivity index (χ3n) is 4.74. The topological polar surface area (TPSA) is 46.4 Å². The minimum atomic E-state index is -0.434. The number of nitrogens with zero attached hydrogens (tertiary/aromatic N) is 1. The Kier molecular flexibility index (Phi) is 7.95. The predicted octanol–water partition coefficient (Wildman–Crippen LogP) is 1.61. The molecule has 6 heteroatoms. The molecule has 1 heterocycles. The van der Waals surface area contributed by atoms with Gasteiger partial charge in [-0.05, 0) is 36.4 Å². The van der Waals surface area contributed by atoms with E-state index < -0.39 is 6.10 Å². The second-order valence-electron chi connectivity index (χ2n) is 6.81. The Labute approximate surface area is 169 Å². The van der Waals surface area contributed by atoms with E-state index in [1.807, 2.05) is 30.3 Å². The third kappa shape index (κ3) is 6.81. The summed E-state index contributed by atoms with van der Waals surface area (Å²) in [6, 6.07) is 18.2. The molecule has 0 unspecified atom stereocenters. The van der Waals surface area contributed by atoms with Crippen molar-refractivity contribution in [2.24, 2.45) is 0 Å². The molecule has 5 nitrogen and oxygen atoms in total. The maximum atomic E-state index is 10.2. The van der Waals surface area contributed by atoms with Gasteiger partial charge in [-0.3, -0.25) is 0 Å². The fourth-order valence-corrected chi connectivity index (χ4v) is 3.55. The van der Waals surface area contributed by atoms with Crippen molar-refractivity contribution >= 4 is 21.6 Å². The Morgan fingerprint density at radius 1 is 1.00 bits per heavy atom. The average Bonchev–Trinajstić information content (AvgIpc) is 2.70. The molecule has 0 radical (unpaired) electrons. The normalized spacial score (nSPS) is 16.3. The molecule has 0 aliphatic carbocycles. The lowest BCUT2D eigenvalue weighted by Crippen LogP contribution is -3.16. The minimum absolute atomic E-state index is 0.357. The van der Waals surface area contributed by atoms with Gasteiger partial charge < -0.3 is 24.4 Å². The smallest absolute Gasteiger partial charge is 0.126 e. The van der Waals surface area contributed by atoms with E-state index in [1.165, 1.54) is 10.6 Å². The van der Waals surface area contributed by atoms with Crippen LogP contribution >= 0.6 is 15.9 Å². The molecule has 0 spiro atoms. The lowest BCUT2D eigenvalue weighted by atomic mass is 10.2. The van der Waals surface area contributed by atoms with Crippen molar-refractivity contribution in [2.75, 3.05) is 57.4 Å². The van der Waals surface area contributed by atoms with Gasteiger partial charge in [-0.15, -0.1) is 0 Å². The van der Waals surface area contributed by atoms with Crippen LogP contribution in [0.1, 0.15) is 0 Å². The number of anilines is 1. The molecule has 1 fully saturated rings. The minimum Gasteiger partial charge on any atom is -0.491 e.